The minimum absolute atomic E-state index is 0.193. The Labute approximate surface area is 111 Å². The van der Waals surface area contributed by atoms with Gasteiger partial charge >= 0.3 is 5.97 Å². The predicted octanol–water partition coefficient (Wildman–Crippen LogP) is 2.56. The highest BCUT2D eigenvalue weighted by Crippen LogP contribution is 2.27. The summed E-state index contributed by atoms with van der Waals surface area (Å²) in [5, 5.41) is 17.4. The number of carboxylic acids is 1. The lowest BCUT2D eigenvalue weighted by molar-refractivity contribution is 0.0696. The van der Waals surface area contributed by atoms with Crippen molar-refractivity contribution in [3.63, 3.8) is 0 Å². The van der Waals surface area contributed by atoms with Gasteiger partial charge in [-0.2, -0.15) is 5.10 Å². The van der Waals surface area contributed by atoms with Gasteiger partial charge in [0.15, 0.2) is 5.82 Å². The Morgan fingerprint density at radius 2 is 1.79 bits per heavy atom. The van der Waals surface area contributed by atoms with Crippen molar-refractivity contribution < 1.29 is 9.90 Å². The van der Waals surface area contributed by atoms with Gasteiger partial charge in [0.2, 0.25) is 0 Å². The molecule has 5 heteroatoms. The van der Waals surface area contributed by atoms with E-state index < -0.39 is 5.97 Å². The molecule has 0 saturated carbocycles. The van der Waals surface area contributed by atoms with Crippen LogP contribution in [-0.2, 0) is 0 Å². The van der Waals surface area contributed by atoms with Gasteiger partial charge in [0, 0.05) is 12.7 Å². The number of aromatic carboxylic acids is 1. The average molecular weight is 257 g/mol. The second kappa shape index (κ2) is 5.06. The molecule has 2 aromatic rings. The number of nitrogens with zero attached hydrogens (tertiary/aromatic N) is 3. The maximum absolute atomic E-state index is 11.4. The van der Waals surface area contributed by atoms with Crippen molar-refractivity contribution in [3.05, 3.63) is 47.2 Å². The Bertz CT molecular complexity index is 612. The molecule has 0 aliphatic carbocycles. The molecule has 2 rings (SSSR count). The molecule has 0 bridgehead atoms. The van der Waals surface area contributed by atoms with Crippen molar-refractivity contribution >= 4 is 17.5 Å². The highest BCUT2D eigenvalue weighted by molar-refractivity contribution is 5.96. The quantitative estimate of drug-likeness (QED) is 0.915. The molecular formula is C14H15N3O2. The first kappa shape index (κ1) is 13.0. The highest BCUT2D eigenvalue weighted by atomic mass is 16.4. The molecule has 98 valence electrons. The number of hydrogen-bond donors (Lipinski definition) is 1. The lowest BCUT2D eigenvalue weighted by atomic mass is 10.1. The second-order valence-electron chi connectivity index (χ2n) is 4.31. The van der Waals surface area contributed by atoms with Gasteiger partial charge in [-0.05, 0) is 31.5 Å². The van der Waals surface area contributed by atoms with Gasteiger partial charge in [-0.1, -0.05) is 18.2 Å². The summed E-state index contributed by atoms with van der Waals surface area (Å²) in [7, 11) is 1.78. The predicted molar refractivity (Wildman–Crippen MR) is 73.0 cm³/mol. The number of hydrogen-bond acceptors (Lipinski definition) is 4. The lowest BCUT2D eigenvalue weighted by Gasteiger charge is -2.20. The third-order valence-corrected chi connectivity index (χ3v) is 3.11. The van der Waals surface area contributed by atoms with Crippen LogP contribution in [0.3, 0.4) is 0 Å². The van der Waals surface area contributed by atoms with E-state index in [4.69, 9.17) is 0 Å². The lowest BCUT2D eigenvalue weighted by Crippen LogP contribution is -2.18. The smallest absolute Gasteiger partial charge is 0.339 e. The van der Waals surface area contributed by atoms with Crippen LogP contribution in [0.5, 0.6) is 0 Å². The summed E-state index contributed by atoms with van der Waals surface area (Å²) < 4.78 is 0. The van der Waals surface area contributed by atoms with Crippen molar-refractivity contribution in [1.29, 1.82) is 0 Å². The fourth-order valence-electron chi connectivity index (χ4n) is 1.86. The van der Waals surface area contributed by atoms with Crippen LogP contribution in [0.4, 0.5) is 11.5 Å². The van der Waals surface area contributed by atoms with Crippen LogP contribution in [0, 0.1) is 13.8 Å². The van der Waals surface area contributed by atoms with Crippen LogP contribution in [0.2, 0.25) is 0 Å². The number of anilines is 2. The van der Waals surface area contributed by atoms with Gasteiger partial charge in [0.25, 0.3) is 0 Å². The van der Waals surface area contributed by atoms with Crippen LogP contribution >= 0.6 is 0 Å². The normalized spacial score (nSPS) is 10.3. The van der Waals surface area contributed by atoms with Crippen molar-refractivity contribution in [3.8, 4) is 0 Å². The van der Waals surface area contributed by atoms with E-state index in [1.807, 2.05) is 30.3 Å². The van der Waals surface area contributed by atoms with Crippen LogP contribution in [-0.4, -0.2) is 28.3 Å². The van der Waals surface area contributed by atoms with E-state index in [0.29, 0.717) is 17.1 Å². The first-order valence-corrected chi connectivity index (χ1v) is 5.88. The minimum Gasteiger partial charge on any atom is -0.478 e. The molecule has 0 spiro atoms. The molecule has 0 fully saturated rings. The van der Waals surface area contributed by atoms with E-state index in [1.165, 1.54) is 0 Å². The number of para-hydroxylation sites is 1. The number of carbonyl (C=O) groups is 1. The summed E-state index contributed by atoms with van der Waals surface area (Å²) in [6.45, 7) is 3.50. The monoisotopic (exact) mass is 257 g/mol. The maximum atomic E-state index is 11.4. The zero-order chi connectivity index (χ0) is 14.0. The van der Waals surface area contributed by atoms with Crippen molar-refractivity contribution in [1.82, 2.24) is 10.2 Å². The van der Waals surface area contributed by atoms with Gasteiger partial charge < -0.3 is 10.0 Å². The van der Waals surface area contributed by atoms with Gasteiger partial charge in [-0.15, -0.1) is 5.10 Å². The van der Waals surface area contributed by atoms with E-state index in [-0.39, 0.29) is 5.56 Å². The molecule has 5 nitrogen and oxygen atoms in total. The first-order chi connectivity index (χ1) is 9.02. The number of aromatic nitrogens is 2. The van der Waals surface area contributed by atoms with Gasteiger partial charge in [0.05, 0.1) is 5.69 Å². The SMILES string of the molecule is Cc1nnc(N(C)c2ccccc2)c(C(=O)O)c1C. The molecule has 0 amide bonds. The summed E-state index contributed by atoms with van der Waals surface area (Å²) in [4.78, 5) is 13.2. The Morgan fingerprint density at radius 1 is 1.16 bits per heavy atom. The molecule has 19 heavy (non-hydrogen) atoms. The number of benzene rings is 1. The number of rotatable bonds is 3. The first-order valence-electron chi connectivity index (χ1n) is 5.88. The molecule has 0 aliphatic heterocycles. The molecule has 0 radical (unpaired) electrons. The molecule has 0 saturated heterocycles. The van der Waals surface area contributed by atoms with Crippen molar-refractivity contribution in [2.24, 2.45) is 0 Å². The van der Waals surface area contributed by atoms with Crippen LogP contribution in [0.25, 0.3) is 0 Å². The maximum Gasteiger partial charge on any atom is 0.339 e. The Morgan fingerprint density at radius 3 is 2.37 bits per heavy atom. The summed E-state index contributed by atoms with van der Waals surface area (Å²) in [5.41, 5.74) is 2.32. The Kier molecular flexibility index (Phi) is 3.46. The van der Waals surface area contributed by atoms with E-state index >= 15 is 0 Å². The Hall–Kier alpha value is -2.43. The van der Waals surface area contributed by atoms with Crippen molar-refractivity contribution in [2.75, 3.05) is 11.9 Å². The van der Waals surface area contributed by atoms with Gasteiger partial charge in [-0.25, -0.2) is 4.79 Å². The highest BCUT2D eigenvalue weighted by Gasteiger charge is 2.21. The van der Waals surface area contributed by atoms with Crippen LogP contribution < -0.4 is 4.90 Å². The van der Waals surface area contributed by atoms with Crippen molar-refractivity contribution in [2.45, 2.75) is 13.8 Å². The van der Waals surface area contributed by atoms with E-state index in [9.17, 15) is 9.90 Å². The van der Waals surface area contributed by atoms with Crippen LogP contribution in [0.1, 0.15) is 21.6 Å². The summed E-state index contributed by atoms with van der Waals surface area (Å²) in [6, 6.07) is 9.47. The third kappa shape index (κ3) is 2.40. The number of aryl methyl sites for hydroxylation is 1. The van der Waals surface area contributed by atoms with E-state index in [1.54, 1.807) is 25.8 Å². The minimum atomic E-state index is -0.992. The molecule has 0 unspecified atom stereocenters. The van der Waals surface area contributed by atoms with E-state index in [0.717, 1.165) is 5.69 Å². The second-order valence-corrected chi connectivity index (χ2v) is 4.31. The molecular weight excluding hydrogens is 242 g/mol. The zero-order valence-electron chi connectivity index (χ0n) is 11.1. The summed E-state index contributed by atoms with van der Waals surface area (Å²) in [6.07, 6.45) is 0. The van der Waals surface area contributed by atoms with Gasteiger partial charge in [0.1, 0.15) is 5.56 Å². The standard InChI is InChI=1S/C14H15N3O2/c1-9-10(2)15-16-13(12(9)14(18)19)17(3)11-7-5-4-6-8-11/h4-8H,1-3H3,(H,18,19). The molecule has 1 heterocycles. The number of carboxylic acid groups (broad SMARTS) is 1. The summed E-state index contributed by atoms with van der Waals surface area (Å²) in [5.74, 6) is -0.643. The fraction of sp³-hybridized carbons (Fsp3) is 0.214. The molecule has 1 N–H and O–H groups in total. The fourth-order valence-corrected chi connectivity index (χ4v) is 1.86. The third-order valence-electron chi connectivity index (χ3n) is 3.11. The summed E-state index contributed by atoms with van der Waals surface area (Å²) >= 11 is 0. The molecule has 0 atom stereocenters. The molecule has 0 aliphatic rings. The zero-order valence-corrected chi connectivity index (χ0v) is 11.1. The molecule has 1 aromatic heterocycles. The average Bonchev–Trinajstić information content (AvgIpc) is 2.41. The molecule has 1 aromatic carbocycles. The van der Waals surface area contributed by atoms with Crippen LogP contribution in [0.15, 0.2) is 30.3 Å². The van der Waals surface area contributed by atoms with E-state index in [2.05, 4.69) is 10.2 Å². The topological polar surface area (TPSA) is 66.3 Å². The van der Waals surface area contributed by atoms with Gasteiger partial charge in [-0.3, -0.25) is 0 Å². The Balaban J connectivity index is 2.57. The largest absolute Gasteiger partial charge is 0.478 e.